The minimum absolute atomic E-state index is 0.0201. The van der Waals surface area contributed by atoms with E-state index in [1.54, 1.807) is 41.8 Å². The van der Waals surface area contributed by atoms with E-state index < -0.39 is 0 Å². The first-order valence-corrected chi connectivity index (χ1v) is 10.3. The predicted molar refractivity (Wildman–Crippen MR) is 125 cm³/mol. The molecule has 0 aliphatic heterocycles. The Morgan fingerprint density at radius 3 is 2.73 bits per heavy atom. The second-order valence-electron chi connectivity index (χ2n) is 6.16. The van der Waals surface area contributed by atoms with Gasteiger partial charge in [-0.15, -0.1) is 16.8 Å². The van der Waals surface area contributed by atoms with Crippen molar-refractivity contribution in [2.45, 2.75) is 13.5 Å². The molecular weight excluding hydrogens is 468 g/mol. The summed E-state index contributed by atoms with van der Waals surface area (Å²) in [5, 5.41) is 22.6. The van der Waals surface area contributed by atoms with Crippen LogP contribution in [-0.4, -0.2) is 27.4 Å². The van der Waals surface area contributed by atoms with Gasteiger partial charge < -0.3 is 19.7 Å². The summed E-state index contributed by atoms with van der Waals surface area (Å²) in [6.07, 6.45) is 1.69. The van der Waals surface area contributed by atoms with Crippen LogP contribution >= 0.6 is 28.1 Å². The minimum atomic E-state index is -0.385. The molecule has 1 aromatic heterocycles. The van der Waals surface area contributed by atoms with Gasteiger partial charge in [-0.25, -0.2) is 4.79 Å². The molecule has 0 saturated carbocycles. The maximum absolute atomic E-state index is 11.7. The Kier molecular flexibility index (Phi) is 6.96. The van der Waals surface area contributed by atoms with Crippen LogP contribution in [0.2, 0.25) is 0 Å². The van der Waals surface area contributed by atoms with Crippen LogP contribution in [0.3, 0.4) is 0 Å². The van der Waals surface area contributed by atoms with Gasteiger partial charge in [-0.05, 0) is 61.6 Å². The number of ether oxygens (including phenoxy) is 1. The quantitative estimate of drug-likeness (QED) is 0.194. The average Bonchev–Trinajstić information content (AvgIpc) is 2.98. The Labute approximate surface area is 187 Å². The van der Waals surface area contributed by atoms with Crippen molar-refractivity contribution >= 4 is 61.5 Å². The van der Waals surface area contributed by atoms with Gasteiger partial charge in [0.15, 0.2) is 5.69 Å². The van der Waals surface area contributed by atoms with Crippen LogP contribution in [-0.2, 0) is 11.3 Å². The van der Waals surface area contributed by atoms with Crippen molar-refractivity contribution < 1.29 is 14.6 Å². The first-order valence-electron chi connectivity index (χ1n) is 9.06. The van der Waals surface area contributed by atoms with Gasteiger partial charge in [0.1, 0.15) is 0 Å². The van der Waals surface area contributed by atoms with E-state index in [9.17, 15) is 9.90 Å². The molecule has 2 N–H and O–H groups in total. The Bertz CT molecular complexity index is 1140. The SMILES string of the molecule is C=CCn1c(O)c(N=NC(=S)Nc2ccc(C(=O)OCC)cc2)c2cc(Br)ccc21. The summed E-state index contributed by atoms with van der Waals surface area (Å²) in [7, 11) is 0. The van der Waals surface area contributed by atoms with Crippen molar-refractivity contribution in [3.05, 3.63) is 65.2 Å². The number of carbonyl (C=O) groups is 1. The van der Waals surface area contributed by atoms with Crippen molar-refractivity contribution in [1.82, 2.24) is 4.57 Å². The smallest absolute Gasteiger partial charge is 0.338 e. The molecule has 30 heavy (non-hydrogen) atoms. The van der Waals surface area contributed by atoms with E-state index in [4.69, 9.17) is 17.0 Å². The highest BCUT2D eigenvalue weighted by Gasteiger charge is 2.16. The fourth-order valence-electron chi connectivity index (χ4n) is 2.86. The summed E-state index contributed by atoms with van der Waals surface area (Å²) in [5.74, 6) is -0.405. The zero-order valence-corrected chi connectivity index (χ0v) is 18.5. The molecule has 0 bridgehead atoms. The van der Waals surface area contributed by atoms with Crippen molar-refractivity contribution in [2.24, 2.45) is 10.2 Å². The molecule has 0 unspecified atom stereocenters. The molecular formula is C21H19BrN4O3S. The van der Waals surface area contributed by atoms with Gasteiger partial charge in [0.25, 0.3) is 0 Å². The van der Waals surface area contributed by atoms with Crippen molar-refractivity contribution in [3.8, 4) is 5.88 Å². The van der Waals surface area contributed by atoms with E-state index in [1.807, 2.05) is 18.2 Å². The lowest BCUT2D eigenvalue weighted by Crippen LogP contribution is -2.07. The molecule has 3 aromatic rings. The van der Waals surface area contributed by atoms with E-state index in [2.05, 4.69) is 38.1 Å². The molecule has 0 atom stereocenters. The number of halogens is 1. The number of thiocarbonyl (C=S) groups is 1. The third-order valence-electron chi connectivity index (χ3n) is 4.17. The van der Waals surface area contributed by atoms with Crippen LogP contribution in [0.4, 0.5) is 11.4 Å². The Morgan fingerprint density at radius 1 is 1.33 bits per heavy atom. The van der Waals surface area contributed by atoms with Crippen molar-refractivity contribution in [2.75, 3.05) is 11.9 Å². The minimum Gasteiger partial charge on any atom is -0.493 e. The Balaban J connectivity index is 1.80. The summed E-state index contributed by atoms with van der Waals surface area (Å²) < 4.78 is 7.50. The second kappa shape index (κ2) is 9.64. The van der Waals surface area contributed by atoms with Crippen LogP contribution in [0.15, 0.2) is 69.8 Å². The van der Waals surface area contributed by atoms with Crippen LogP contribution < -0.4 is 5.32 Å². The predicted octanol–water partition coefficient (Wildman–Crippen LogP) is 5.95. The fourth-order valence-corrected chi connectivity index (χ4v) is 3.38. The lowest BCUT2D eigenvalue weighted by atomic mass is 10.2. The standard InChI is InChI=1S/C21H19BrN4O3S/c1-3-11-26-17-10-7-14(22)12-16(17)18(19(26)27)24-25-21(30)23-15-8-5-13(6-9-15)20(28)29-4-2/h3,5-10,12,27H,1,4,11H2,2H3,(H,23,30). The zero-order chi connectivity index (χ0) is 21.7. The molecule has 0 radical (unpaired) electrons. The molecule has 2 aromatic carbocycles. The summed E-state index contributed by atoms with van der Waals surface area (Å²) in [5.41, 5.74) is 2.21. The topological polar surface area (TPSA) is 88.2 Å². The van der Waals surface area contributed by atoms with E-state index >= 15 is 0 Å². The lowest BCUT2D eigenvalue weighted by Gasteiger charge is -2.05. The van der Waals surface area contributed by atoms with Gasteiger partial charge in [0.05, 0.1) is 17.7 Å². The molecule has 3 rings (SSSR count). The van der Waals surface area contributed by atoms with Crippen molar-refractivity contribution in [1.29, 1.82) is 0 Å². The summed E-state index contributed by atoms with van der Waals surface area (Å²) in [6.45, 7) is 6.22. The lowest BCUT2D eigenvalue weighted by molar-refractivity contribution is 0.0526. The molecule has 0 amide bonds. The fraction of sp³-hybridized carbons (Fsp3) is 0.143. The number of nitrogens with one attached hydrogen (secondary N) is 1. The molecule has 1 heterocycles. The van der Waals surface area contributed by atoms with E-state index in [1.165, 1.54) is 0 Å². The van der Waals surface area contributed by atoms with E-state index in [0.717, 1.165) is 15.4 Å². The summed E-state index contributed by atoms with van der Waals surface area (Å²) >= 11 is 8.67. The summed E-state index contributed by atoms with van der Waals surface area (Å²) in [4.78, 5) is 11.7. The van der Waals surface area contributed by atoms with Crippen molar-refractivity contribution in [3.63, 3.8) is 0 Å². The number of aromatic nitrogens is 1. The van der Waals surface area contributed by atoms with Crippen LogP contribution in [0.1, 0.15) is 17.3 Å². The average molecular weight is 487 g/mol. The zero-order valence-electron chi connectivity index (χ0n) is 16.1. The van der Waals surface area contributed by atoms with Gasteiger partial charge in [-0.1, -0.05) is 22.0 Å². The highest BCUT2D eigenvalue weighted by atomic mass is 79.9. The molecule has 0 aliphatic rings. The molecule has 0 fully saturated rings. The maximum atomic E-state index is 11.7. The van der Waals surface area contributed by atoms with E-state index in [-0.39, 0.29) is 17.0 Å². The van der Waals surface area contributed by atoms with Crippen LogP contribution in [0, 0.1) is 0 Å². The van der Waals surface area contributed by atoms with Gasteiger partial charge in [-0.2, -0.15) is 0 Å². The number of nitrogens with zero attached hydrogens (tertiary/aromatic N) is 3. The highest BCUT2D eigenvalue weighted by Crippen LogP contribution is 2.40. The Morgan fingerprint density at radius 2 is 2.07 bits per heavy atom. The number of esters is 1. The summed E-state index contributed by atoms with van der Waals surface area (Å²) in [6, 6.07) is 12.3. The van der Waals surface area contributed by atoms with Gasteiger partial charge >= 0.3 is 5.97 Å². The third kappa shape index (κ3) is 4.74. The van der Waals surface area contributed by atoms with Crippen LogP contribution in [0.25, 0.3) is 10.9 Å². The molecule has 0 spiro atoms. The van der Waals surface area contributed by atoms with Gasteiger partial charge in [0, 0.05) is 22.1 Å². The third-order valence-corrected chi connectivity index (χ3v) is 4.85. The number of hydrogen-bond acceptors (Lipinski definition) is 5. The number of allylic oxidation sites excluding steroid dienone is 1. The largest absolute Gasteiger partial charge is 0.493 e. The number of azo groups is 1. The number of aromatic hydroxyl groups is 1. The molecule has 0 aliphatic carbocycles. The molecule has 154 valence electrons. The molecule has 0 saturated heterocycles. The maximum Gasteiger partial charge on any atom is 0.338 e. The first kappa shape index (κ1) is 21.7. The number of rotatable bonds is 6. The molecule has 7 nitrogen and oxygen atoms in total. The number of fused-ring (bicyclic) bond motifs is 1. The number of benzene rings is 2. The monoisotopic (exact) mass is 486 g/mol. The van der Waals surface area contributed by atoms with E-state index in [0.29, 0.717) is 30.1 Å². The Hall–Kier alpha value is -3.04. The van der Waals surface area contributed by atoms with Gasteiger partial charge in [-0.3, -0.25) is 0 Å². The first-order chi connectivity index (χ1) is 14.4. The number of hydrogen-bond donors (Lipinski definition) is 2. The van der Waals surface area contributed by atoms with Crippen LogP contribution in [0.5, 0.6) is 5.88 Å². The molecule has 9 heteroatoms. The number of anilines is 1. The van der Waals surface area contributed by atoms with Gasteiger partial charge in [0.2, 0.25) is 11.0 Å². The normalized spacial score (nSPS) is 11.0. The highest BCUT2D eigenvalue weighted by molar-refractivity contribution is 9.10. The number of carbonyl (C=O) groups excluding carboxylic acids is 1. The second-order valence-corrected chi connectivity index (χ2v) is 7.46.